The number of aromatic nitrogens is 2. The summed E-state index contributed by atoms with van der Waals surface area (Å²) in [6.07, 6.45) is 1.96. The zero-order valence-corrected chi connectivity index (χ0v) is 10.1. The largest absolute Gasteiger partial charge is 0.323 e. The van der Waals surface area contributed by atoms with Gasteiger partial charge in [0.05, 0.1) is 17.1 Å². The van der Waals surface area contributed by atoms with Crippen molar-refractivity contribution in [3.05, 3.63) is 34.2 Å². The van der Waals surface area contributed by atoms with Crippen molar-refractivity contribution < 1.29 is 0 Å². The SMILES string of the molecule is C/C(=N/N)c1c(C)nc2ccc(Br)cn12. The molecule has 15 heavy (non-hydrogen) atoms. The molecule has 0 saturated heterocycles. The molecule has 0 amide bonds. The second-order valence-corrected chi connectivity index (χ2v) is 4.25. The Hall–Kier alpha value is -1.36. The van der Waals surface area contributed by atoms with Crippen LogP contribution >= 0.6 is 15.9 Å². The van der Waals surface area contributed by atoms with E-state index in [9.17, 15) is 0 Å². The van der Waals surface area contributed by atoms with Crippen LogP contribution in [0.25, 0.3) is 5.65 Å². The van der Waals surface area contributed by atoms with Gasteiger partial charge < -0.3 is 5.84 Å². The average molecular weight is 267 g/mol. The molecule has 4 nitrogen and oxygen atoms in total. The van der Waals surface area contributed by atoms with Crippen molar-refractivity contribution in [2.75, 3.05) is 0 Å². The lowest BCUT2D eigenvalue weighted by molar-refractivity contribution is 1.13. The summed E-state index contributed by atoms with van der Waals surface area (Å²) < 4.78 is 2.98. The van der Waals surface area contributed by atoms with Gasteiger partial charge in [-0.2, -0.15) is 5.10 Å². The number of imidazole rings is 1. The van der Waals surface area contributed by atoms with Crippen LogP contribution in [0, 0.1) is 6.92 Å². The van der Waals surface area contributed by atoms with Gasteiger partial charge in [0, 0.05) is 10.7 Å². The van der Waals surface area contributed by atoms with Crippen LogP contribution in [0.3, 0.4) is 0 Å². The van der Waals surface area contributed by atoms with Crippen molar-refractivity contribution in [2.24, 2.45) is 10.9 Å². The molecule has 0 spiro atoms. The zero-order valence-electron chi connectivity index (χ0n) is 8.53. The lowest BCUT2D eigenvalue weighted by atomic mass is 10.2. The van der Waals surface area contributed by atoms with Gasteiger partial charge in [-0.15, -0.1) is 0 Å². The van der Waals surface area contributed by atoms with E-state index in [-0.39, 0.29) is 0 Å². The Morgan fingerprint density at radius 1 is 1.53 bits per heavy atom. The standard InChI is InChI=1S/C10H11BrN4/c1-6-10(7(2)14-12)15-5-8(11)3-4-9(15)13-6/h3-5H,12H2,1-2H3/b14-7-. The summed E-state index contributed by atoms with van der Waals surface area (Å²) in [6.45, 7) is 3.82. The molecular weight excluding hydrogens is 256 g/mol. The molecule has 2 N–H and O–H groups in total. The summed E-state index contributed by atoms with van der Waals surface area (Å²) >= 11 is 3.43. The first-order valence-corrected chi connectivity index (χ1v) is 5.32. The van der Waals surface area contributed by atoms with E-state index >= 15 is 0 Å². The smallest absolute Gasteiger partial charge is 0.137 e. The third-order valence-corrected chi connectivity index (χ3v) is 2.76. The predicted octanol–water partition coefficient (Wildman–Crippen LogP) is 2.09. The summed E-state index contributed by atoms with van der Waals surface area (Å²) in [7, 11) is 0. The highest BCUT2D eigenvalue weighted by atomic mass is 79.9. The first-order chi connectivity index (χ1) is 7.13. The van der Waals surface area contributed by atoms with Crippen molar-refractivity contribution >= 4 is 27.3 Å². The molecule has 0 fully saturated rings. The molecule has 0 aliphatic rings. The summed E-state index contributed by atoms with van der Waals surface area (Å²) in [5.74, 6) is 5.30. The van der Waals surface area contributed by atoms with Gasteiger partial charge in [0.1, 0.15) is 5.65 Å². The lowest BCUT2D eigenvalue weighted by Crippen LogP contribution is -2.04. The quantitative estimate of drug-likeness (QED) is 0.488. The molecule has 0 aromatic carbocycles. The number of nitrogens with two attached hydrogens (primary N) is 1. The number of fused-ring (bicyclic) bond motifs is 1. The predicted molar refractivity (Wildman–Crippen MR) is 64.0 cm³/mol. The minimum atomic E-state index is 0.776. The Morgan fingerprint density at radius 3 is 2.93 bits per heavy atom. The molecule has 2 aromatic rings. The lowest BCUT2D eigenvalue weighted by Gasteiger charge is -2.01. The van der Waals surface area contributed by atoms with Crippen molar-refractivity contribution in [3.63, 3.8) is 0 Å². The molecule has 5 heteroatoms. The fraction of sp³-hybridized carbons (Fsp3) is 0.200. The van der Waals surface area contributed by atoms with E-state index in [1.54, 1.807) is 0 Å². The minimum Gasteiger partial charge on any atom is -0.323 e. The number of halogens is 1. The first-order valence-electron chi connectivity index (χ1n) is 4.52. The van der Waals surface area contributed by atoms with E-state index in [0.717, 1.165) is 27.2 Å². The van der Waals surface area contributed by atoms with Crippen molar-refractivity contribution in [3.8, 4) is 0 Å². The summed E-state index contributed by atoms with van der Waals surface area (Å²) in [6, 6.07) is 3.91. The second kappa shape index (κ2) is 3.66. The molecule has 2 rings (SSSR count). The number of pyridine rings is 1. The first kappa shape index (κ1) is 10.2. The Kier molecular flexibility index (Phi) is 2.48. The highest BCUT2D eigenvalue weighted by Gasteiger charge is 2.11. The van der Waals surface area contributed by atoms with Gasteiger partial charge in [0.2, 0.25) is 0 Å². The number of rotatable bonds is 1. The third kappa shape index (κ3) is 1.63. The van der Waals surface area contributed by atoms with Gasteiger partial charge in [-0.3, -0.25) is 4.40 Å². The summed E-state index contributed by atoms with van der Waals surface area (Å²) in [5, 5.41) is 3.71. The maximum absolute atomic E-state index is 5.30. The number of aryl methyl sites for hydroxylation is 1. The molecule has 2 aromatic heterocycles. The molecule has 0 atom stereocenters. The van der Waals surface area contributed by atoms with E-state index in [0.29, 0.717) is 0 Å². The summed E-state index contributed by atoms with van der Waals surface area (Å²) in [5.41, 5.74) is 3.56. The van der Waals surface area contributed by atoms with Crippen LogP contribution in [0.15, 0.2) is 27.9 Å². The van der Waals surface area contributed by atoms with Gasteiger partial charge in [0.15, 0.2) is 0 Å². The van der Waals surface area contributed by atoms with Crippen LogP contribution < -0.4 is 5.84 Å². The van der Waals surface area contributed by atoms with Crippen LogP contribution in [0.5, 0.6) is 0 Å². The molecule has 0 saturated carbocycles. The fourth-order valence-electron chi connectivity index (χ4n) is 1.63. The van der Waals surface area contributed by atoms with E-state index in [2.05, 4.69) is 26.0 Å². The number of nitrogens with zero attached hydrogens (tertiary/aromatic N) is 3. The third-order valence-electron chi connectivity index (χ3n) is 2.29. The molecule has 0 aliphatic heterocycles. The monoisotopic (exact) mass is 266 g/mol. The Bertz CT molecular complexity index is 542. The molecule has 0 unspecified atom stereocenters. The van der Waals surface area contributed by atoms with Crippen molar-refractivity contribution in [1.82, 2.24) is 9.38 Å². The van der Waals surface area contributed by atoms with Crippen LogP contribution in [0.2, 0.25) is 0 Å². The molecule has 2 heterocycles. The molecule has 0 radical (unpaired) electrons. The maximum Gasteiger partial charge on any atom is 0.137 e. The number of hydrogen-bond acceptors (Lipinski definition) is 3. The maximum atomic E-state index is 5.30. The van der Waals surface area contributed by atoms with Crippen LogP contribution in [0.4, 0.5) is 0 Å². The highest BCUT2D eigenvalue weighted by molar-refractivity contribution is 9.10. The average Bonchev–Trinajstić information content (AvgIpc) is 2.52. The topological polar surface area (TPSA) is 55.7 Å². The second-order valence-electron chi connectivity index (χ2n) is 3.34. The Morgan fingerprint density at radius 2 is 2.27 bits per heavy atom. The van der Waals surface area contributed by atoms with Gasteiger partial charge in [-0.05, 0) is 41.9 Å². The highest BCUT2D eigenvalue weighted by Crippen LogP contribution is 2.17. The van der Waals surface area contributed by atoms with E-state index in [1.807, 2.05) is 36.6 Å². The fourth-order valence-corrected chi connectivity index (χ4v) is 1.97. The normalized spacial score (nSPS) is 12.3. The molecule has 0 bridgehead atoms. The van der Waals surface area contributed by atoms with E-state index in [1.165, 1.54) is 0 Å². The summed E-state index contributed by atoms with van der Waals surface area (Å²) in [4.78, 5) is 4.43. The Balaban J connectivity index is 2.82. The van der Waals surface area contributed by atoms with Crippen LogP contribution in [-0.2, 0) is 0 Å². The van der Waals surface area contributed by atoms with Gasteiger partial charge in [0.25, 0.3) is 0 Å². The Labute approximate surface area is 95.9 Å². The molecular formula is C10H11BrN4. The van der Waals surface area contributed by atoms with E-state index < -0.39 is 0 Å². The van der Waals surface area contributed by atoms with Crippen LogP contribution in [-0.4, -0.2) is 15.1 Å². The molecule has 78 valence electrons. The van der Waals surface area contributed by atoms with Gasteiger partial charge in [-0.1, -0.05) is 0 Å². The van der Waals surface area contributed by atoms with E-state index in [4.69, 9.17) is 5.84 Å². The van der Waals surface area contributed by atoms with Crippen LogP contribution in [0.1, 0.15) is 18.3 Å². The zero-order chi connectivity index (χ0) is 11.0. The number of hydrogen-bond donors (Lipinski definition) is 1. The minimum absolute atomic E-state index is 0.776. The molecule has 0 aliphatic carbocycles. The van der Waals surface area contributed by atoms with Gasteiger partial charge >= 0.3 is 0 Å². The van der Waals surface area contributed by atoms with Crippen molar-refractivity contribution in [2.45, 2.75) is 13.8 Å². The van der Waals surface area contributed by atoms with Gasteiger partial charge in [-0.25, -0.2) is 4.98 Å². The number of hydrazone groups is 1. The van der Waals surface area contributed by atoms with Crippen molar-refractivity contribution in [1.29, 1.82) is 0 Å².